The number of amides is 2. The second-order valence-corrected chi connectivity index (χ2v) is 8.44. The molecule has 8 heteroatoms. The Balaban J connectivity index is 1.57. The highest BCUT2D eigenvalue weighted by Crippen LogP contribution is 2.27. The first kappa shape index (κ1) is 17.9. The molecule has 2 aromatic rings. The molecule has 1 aromatic carbocycles. The van der Waals surface area contributed by atoms with Gasteiger partial charge in [-0.2, -0.15) is 0 Å². The number of carbonyl (C=O) groups is 2. The maximum absolute atomic E-state index is 12.4. The number of benzene rings is 1. The van der Waals surface area contributed by atoms with Crippen molar-refractivity contribution in [2.24, 2.45) is 5.92 Å². The number of anilines is 1. The van der Waals surface area contributed by atoms with Gasteiger partial charge in [-0.05, 0) is 18.2 Å². The van der Waals surface area contributed by atoms with Crippen molar-refractivity contribution in [2.75, 3.05) is 17.6 Å². The normalized spacial score (nSPS) is 17.1. The van der Waals surface area contributed by atoms with E-state index in [1.807, 2.05) is 38.1 Å². The lowest BCUT2D eigenvalue weighted by atomic mass is 10.1. The summed E-state index contributed by atoms with van der Waals surface area (Å²) in [5, 5.41) is 11.3. The van der Waals surface area contributed by atoms with E-state index in [0.29, 0.717) is 18.2 Å². The van der Waals surface area contributed by atoms with Crippen LogP contribution in [0.4, 0.5) is 5.13 Å². The van der Waals surface area contributed by atoms with Crippen LogP contribution in [0.5, 0.6) is 0 Å². The number of carbonyl (C=O) groups excluding carboxylic acids is 2. The number of thioether (sulfide) groups is 1. The topological polar surface area (TPSA) is 75.2 Å². The summed E-state index contributed by atoms with van der Waals surface area (Å²) in [6.45, 7) is 5.05. The van der Waals surface area contributed by atoms with Gasteiger partial charge in [0, 0.05) is 19.5 Å². The second kappa shape index (κ2) is 7.97. The van der Waals surface area contributed by atoms with Gasteiger partial charge in [0.1, 0.15) is 0 Å². The first-order valence-corrected chi connectivity index (χ1v) is 9.96. The van der Waals surface area contributed by atoms with Crippen molar-refractivity contribution in [2.45, 2.75) is 31.2 Å². The van der Waals surface area contributed by atoms with Crippen molar-refractivity contribution in [1.29, 1.82) is 0 Å². The Kier molecular flexibility index (Phi) is 5.70. The third kappa shape index (κ3) is 4.58. The predicted molar refractivity (Wildman–Crippen MR) is 99.6 cm³/mol. The van der Waals surface area contributed by atoms with Crippen LogP contribution in [0.25, 0.3) is 0 Å². The average molecular weight is 377 g/mol. The molecule has 1 N–H and O–H groups in total. The van der Waals surface area contributed by atoms with Crippen LogP contribution in [0.15, 0.2) is 28.6 Å². The monoisotopic (exact) mass is 376 g/mol. The van der Waals surface area contributed by atoms with Crippen LogP contribution in [0.3, 0.4) is 0 Å². The summed E-state index contributed by atoms with van der Waals surface area (Å²) in [5.74, 6) is 0.418. The van der Waals surface area contributed by atoms with Crippen LogP contribution in [0.2, 0.25) is 0 Å². The maximum Gasteiger partial charge on any atom is 0.231 e. The van der Waals surface area contributed by atoms with E-state index in [4.69, 9.17) is 0 Å². The Morgan fingerprint density at radius 2 is 2.12 bits per heavy atom. The second-order valence-electron chi connectivity index (χ2n) is 5.96. The maximum atomic E-state index is 12.4. The molecule has 25 heavy (non-hydrogen) atoms. The molecule has 1 aliphatic heterocycles. The molecule has 0 aliphatic carbocycles. The predicted octanol–water partition coefficient (Wildman–Crippen LogP) is 2.95. The van der Waals surface area contributed by atoms with E-state index in [1.54, 1.807) is 16.7 Å². The zero-order valence-electron chi connectivity index (χ0n) is 14.2. The van der Waals surface area contributed by atoms with Crippen molar-refractivity contribution < 1.29 is 9.59 Å². The van der Waals surface area contributed by atoms with E-state index in [2.05, 4.69) is 15.5 Å². The molecule has 0 unspecified atom stereocenters. The van der Waals surface area contributed by atoms with Gasteiger partial charge in [0.15, 0.2) is 4.34 Å². The highest BCUT2D eigenvalue weighted by molar-refractivity contribution is 8.01. The summed E-state index contributed by atoms with van der Waals surface area (Å²) in [6, 6.07) is 8.09. The number of aromatic nitrogens is 2. The van der Waals surface area contributed by atoms with Gasteiger partial charge >= 0.3 is 0 Å². The number of hydrogen-bond donors (Lipinski definition) is 1. The molecule has 2 amide bonds. The van der Waals surface area contributed by atoms with Gasteiger partial charge in [0.2, 0.25) is 16.9 Å². The van der Waals surface area contributed by atoms with Crippen molar-refractivity contribution in [3.63, 3.8) is 0 Å². The van der Waals surface area contributed by atoms with Crippen molar-refractivity contribution in [3.8, 4) is 0 Å². The van der Waals surface area contributed by atoms with Crippen LogP contribution in [0, 0.1) is 12.8 Å². The van der Waals surface area contributed by atoms with Crippen LogP contribution in [-0.4, -0.2) is 39.2 Å². The van der Waals surface area contributed by atoms with Gasteiger partial charge in [-0.15, -0.1) is 10.2 Å². The van der Waals surface area contributed by atoms with Crippen LogP contribution in [0.1, 0.15) is 24.5 Å². The molecule has 1 saturated heterocycles. The molecule has 2 heterocycles. The molecule has 0 bridgehead atoms. The van der Waals surface area contributed by atoms with Crippen LogP contribution in [-0.2, 0) is 16.1 Å². The number of nitrogens with zero attached hydrogens (tertiary/aromatic N) is 3. The minimum atomic E-state index is -0.343. The summed E-state index contributed by atoms with van der Waals surface area (Å²) < 4.78 is 0.835. The number of aryl methyl sites for hydroxylation is 1. The quantitative estimate of drug-likeness (QED) is 0.620. The molecule has 1 atom stereocenters. The molecule has 1 aliphatic rings. The van der Waals surface area contributed by atoms with Gasteiger partial charge in [-0.3, -0.25) is 9.59 Å². The van der Waals surface area contributed by atoms with E-state index >= 15 is 0 Å². The number of nitrogens with one attached hydrogen (secondary N) is 1. The Hall–Kier alpha value is -1.93. The number of rotatable bonds is 6. The van der Waals surface area contributed by atoms with Crippen molar-refractivity contribution in [1.82, 2.24) is 15.1 Å². The minimum Gasteiger partial charge on any atom is -0.338 e. The highest BCUT2D eigenvalue weighted by atomic mass is 32.2. The van der Waals surface area contributed by atoms with Gasteiger partial charge in [-0.1, -0.05) is 59.9 Å². The molecule has 0 radical (unpaired) electrons. The largest absolute Gasteiger partial charge is 0.338 e. The third-order valence-corrected chi connectivity index (χ3v) is 5.84. The third-order valence-electron chi connectivity index (χ3n) is 3.98. The molecular weight excluding hydrogens is 356 g/mol. The SMILES string of the molecule is CCSc1nnc(NC(=O)[C@@H]2CC(=O)N(Cc3ccc(C)cc3)C2)s1. The summed E-state index contributed by atoms with van der Waals surface area (Å²) in [6.07, 6.45) is 0.243. The standard InChI is InChI=1S/C17H20N4O2S2/c1-3-24-17-20-19-16(25-17)18-15(23)13-8-14(22)21(10-13)9-12-6-4-11(2)5-7-12/h4-7,13H,3,8-10H2,1-2H3,(H,18,19,23)/t13-/m1/s1. The van der Waals surface area contributed by atoms with Crippen molar-refractivity contribution >= 4 is 40.0 Å². The van der Waals surface area contributed by atoms with Gasteiger partial charge in [0.25, 0.3) is 0 Å². The van der Waals surface area contributed by atoms with Crippen molar-refractivity contribution in [3.05, 3.63) is 35.4 Å². The number of likely N-dealkylation sites (tertiary alicyclic amines) is 1. The average Bonchev–Trinajstić information content (AvgIpc) is 3.17. The lowest BCUT2D eigenvalue weighted by Crippen LogP contribution is -2.28. The van der Waals surface area contributed by atoms with E-state index < -0.39 is 0 Å². The molecule has 0 spiro atoms. The van der Waals surface area contributed by atoms with E-state index in [0.717, 1.165) is 15.7 Å². The Labute approximate surface area is 155 Å². The molecule has 6 nitrogen and oxygen atoms in total. The zero-order chi connectivity index (χ0) is 17.8. The number of hydrogen-bond acceptors (Lipinski definition) is 6. The lowest BCUT2D eigenvalue weighted by Gasteiger charge is -2.16. The van der Waals surface area contributed by atoms with Gasteiger partial charge in [-0.25, -0.2) is 0 Å². The zero-order valence-corrected chi connectivity index (χ0v) is 15.8. The van der Waals surface area contributed by atoms with Gasteiger partial charge in [0.05, 0.1) is 5.92 Å². The smallest absolute Gasteiger partial charge is 0.231 e. The van der Waals surface area contributed by atoms with E-state index in [1.165, 1.54) is 16.9 Å². The highest BCUT2D eigenvalue weighted by Gasteiger charge is 2.34. The molecule has 3 rings (SSSR count). The Morgan fingerprint density at radius 3 is 2.84 bits per heavy atom. The lowest BCUT2D eigenvalue weighted by molar-refractivity contribution is -0.128. The van der Waals surface area contributed by atoms with E-state index in [9.17, 15) is 9.59 Å². The van der Waals surface area contributed by atoms with Gasteiger partial charge < -0.3 is 10.2 Å². The first-order chi connectivity index (χ1) is 12.0. The molecule has 0 saturated carbocycles. The first-order valence-electron chi connectivity index (χ1n) is 8.15. The molecule has 1 aromatic heterocycles. The summed E-state index contributed by atoms with van der Waals surface area (Å²) in [7, 11) is 0. The van der Waals surface area contributed by atoms with E-state index in [-0.39, 0.29) is 24.2 Å². The fraction of sp³-hybridized carbons (Fsp3) is 0.412. The van der Waals surface area contributed by atoms with Crippen LogP contribution < -0.4 is 5.32 Å². The molecule has 1 fully saturated rings. The summed E-state index contributed by atoms with van der Waals surface area (Å²) in [4.78, 5) is 26.4. The molecular formula is C17H20N4O2S2. The molecule has 132 valence electrons. The minimum absolute atomic E-state index is 0.0141. The summed E-state index contributed by atoms with van der Waals surface area (Å²) >= 11 is 2.95. The Morgan fingerprint density at radius 1 is 1.36 bits per heavy atom. The fourth-order valence-corrected chi connectivity index (χ4v) is 4.32. The Bertz CT molecular complexity index is 760. The summed E-state index contributed by atoms with van der Waals surface area (Å²) in [5.41, 5.74) is 2.26. The van der Waals surface area contributed by atoms with Crippen LogP contribution >= 0.6 is 23.1 Å². The fourth-order valence-electron chi connectivity index (χ4n) is 2.66.